The van der Waals surface area contributed by atoms with Gasteiger partial charge >= 0.3 is 0 Å². The normalized spacial score (nSPS) is 10.9. The Hall–Kier alpha value is -1.13. The maximum atomic E-state index is 6.50. The molecule has 0 aliphatic rings. The van der Waals surface area contributed by atoms with Crippen LogP contribution in [-0.4, -0.2) is 13.2 Å². The van der Waals surface area contributed by atoms with Crippen molar-refractivity contribution in [2.24, 2.45) is 0 Å². The van der Waals surface area contributed by atoms with Gasteiger partial charge in [-0.1, -0.05) is 67.1 Å². The summed E-state index contributed by atoms with van der Waals surface area (Å²) in [7, 11) is 0. The third kappa shape index (κ3) is 7.04. The predicted molar refractivity (Wildman–Crippen MR) is 119 cm³/mol. The smallest absolute Gasteiger partial charge is 0.180 e. The van der Waals surface area contributed by atoms with Gasteiger partial charge in [0, 0.05) is 22.2 Å². The summed E-state index contributed by atoms with van der Waals surface area (Å²) in [5.41, 5.74) is 1.79. The van der Waals surface area contributed by atoms with Gasteiger partial charge in [-0.15, -0.1) is 0 Å². The Labute approximate surface area is 183 Å². The summed E-state index contributed by atoms with van der Waals surface area (Å²) in [6.07, 6.45) is 4.96. The molecule has 0 heterocycles. The van der Waals surface area contributed by atoms with Gasteiger partial charge in [-0.05, 0) is 49.7 Å². The summed E-state index contributed by atoms with van der Waals surface area (Å²) < 4.78 is 11.7. The zero-order chi connectivity index (χ0) is 20.4. The number of rotatable bonds is 12. The van der Waals surface area contributed by atoms with E-state index in [-0.39, 0.29) is 6.61 Å². The van der Waals surface area contributed by atoms with Gasteiger partial charge in [0.1, 0.15) is 6.61 Å². The Morgan fingerprint density at radius 2 is 1.64 bits per heavy atom. The van der Waals surface area contributed by atoms with Crippen LogP contribution >= 0.6 is 34.8 Å². The number of ether oxygens (including phenoxy) is 2. The molecule has 0 bridgehead atoms. The van der Waals surface area contributed by atoms with Gasteiger partial charge in [-0.2, -0.15) is 0 Å². The van der Waals surface area contributed by atoms with Crippen LogP contribution in [0.5, 0.6) is 11.5 Å². The first kappa shape index (κ1) is 23.2. The quantitative estimate of drug-likeness (QED) is 0.348. The highest BCUT2D eigenvalue weighted by Gasteiger charge is 2.15. The Morgan fingerprint density at radius 1 is 0.893 bits per heavy atom. The van der Waals surface area contributed by atoms with Crippen molar-refractivity contribution in [1.29, 1.82) is 0 Å². The van der Waals surface area contributed by atoms with E-state index in [1.165, 1.54) is 25.7 Å². The first-order valence-corrected chi connectivity index (χ1v) is 10.9. The van der Waals surface area contributed by atoms with Crippen LogP contribution in [0, 0.1) is 0 Å². The summed E-state index contributed by atoms with van der Waals surface area (Å²) in [5, 5.41) is 5.09. The average molecular weight is 445 g/mol. The standard InChI is InChI=1S/C22H28Cl3NO2/c1-3-5-6-7-11-26-14-16-12-20(25)22(21(13-16)27-4-2)28-15-17-18(23)9-8-10-19(17)24/h8-10,12-13,26H,3-7,11,14-15H2,1-2H3. The molecule has 28 heavy (non-hydrogen) atoms. The maximum absolute atomic E-state index is 6.50. The molecule has 0 spiro atoms. The van der Waals surface area contributed by atoms with E-state index in [1.807, 2.05) is 19.1 Å². The minimum absolute atomic E-state index is 0.216. The van der Waals surface area contributed by atoms with Crippen LogP contribution in [0.15, 0.2) is 30.3 Å². The fourth-order valence-electron chi connectivity index (χ4n) is 2.85. The fraction of sp³-hybridized carbons (Fsp3) is 0.455. The number of hydrogen-bond donors (Lipinski definition) is 1. The van der Waals surface area contributed by atoms with Gasteiger partial charge in [0.05, 0.1) is 11.6 Å². The third-order valence-corrected chi connectivity index (χ3v) is 5.32. The van der Waals surface area contributed by atoms with Crippen molar-refractivity contribution in [1.82, 2.24) is 5.32 Å². The average Bonchev–Trinajstić information content (AvgIpc) is 2.66. The highest BCUT2D eigenvalue weighted by molar-refractivity contribution is 6.36. The molecule has 0 saturated carbocycles. The van der Waals surface area contributed by atoms with E-state index in [0.29, 0.717) is 33.2 Å². The molecular weight excluding hydrogens is 417 g/mol. The molecule has 0 fully saturated rings. The SMILES string of the molecule is CCCCCCNCc1cc(Cl)c(OCc2c(Cl)cccc2Cl)c(OCC)c1. The second kappa shape index (κ2) is 12.4. The van der Waals surface area contributed by atoms with Crippen LogP contribution in [0.4, 0.5) is 0 Å². The second-order valence-corrected chi connectivity index (χ2v) is 7.79. The van der Waals surface area contributed by atoms with Crippen LogP contribution in [-0.2, 0) is 13.2 Å². The summed E-state index contributed by atoms with van der Waals surface area (Å²) in [5.74, 6) is 1.13. The summed E-state index contributed by atoms with van der Waals surface area (Å²) in [6, 6.07) is 9.25. The molecule has 0 unspecified atom stereocenters. The van der Waals surface area contributed by atoms with Crippen LogP contribution in [0.2, 0.25) is 15.1 Å². The lowest BCUT2D eigenvalue weighted by Crippen LogP contribution is -2.15. The molecule has 0 aliphatic carbocycles. The van der Waals surface area contributed by atoms with Crippen LogP contribution < -0.4 is 14.8 Å². The molecule has 2 rings (SSSR count). The minimum atomic E-state index is 0.216. The van der Waals surface area contributed by atoms with E-state index in [4.69, 9.17) is 44.3 Å². The van der Waals surface area contributed by atoms with Crippen molar-refractivity contribution in [3.63, 3.8) is 0 Å². The Balaban J connectivity index is 2.05. The fourth-order valence-corrected chi connectivity index (χ4v) is 3.64. The summed E-state index contributed by atoms with van der Waals surface area (Å²) >= 11 is 19.0. The number of nitrogens with one attached hydrogen (secondary N) is 1. The zero-order valence-electron chi connectivity index (χ0n) is 16.5. The first-order valence-electron chi connectivity index (χ1n) is 9.78. The zero-order valence-corrected chi connectivity index (χ0v) is 18.8. The van der Waals surface area contributed by atoms with Crippen LogP contribution in [0.1, 0.15) is 50.7 Å². The topological polar surface area (TPSA) is 30.5 Å². The van der Waals surface area contributed by atoms with Crippen molar-refractivity contribution in [3.8, 4) is 11.5 Å². The minimum Gasteiger partial charge on any atom is -0.490 e. The van der Waals surface area contributed by atoms with E-state index in [2.05, 4.69) is 12.2 Å². The first-order chi connectivity index (χ1) is 13.6. The Bertz CT molecular complexity index is 733. The molecule has 3 nitrogen and oxygen atoms in total. The van der Waals surface area contributed by atoms with Crippen molar-refractivity contribution in [2.75, 3.05) is 13.2 Å². The van der Waals surface area contributed by atoms with Gasteiger partial charge in [0.2, 0.25) is 0 Å². The molecule has 6 heteroatoms. The molecule has 0 amide bonds. The molecule has 1 N–H and O–H groups in total. The van der Waals surface area contributed by atoms with Crippen molar-refractivity contribution in [3.05, 3.63) is 56.5 Å². The lowest BCUT2D eigenvalue weighted by Gasteiger charge is -2.16. The lowest BCUT2D eigenvalue weighted by atomic mass is 10.1. The van der Waals surface area contributed by atoms with Crippen LogP contribution in [0.3, 0.4) is 0 Å². The summed E-state index contributed by atoms with van der Waals surface area (Å²) in [6.45, 7) is 6.61. The van der Waals surface area contributed by atoms with E-state index in [1.54, 1.807) is 18.2 Å². The van der Waals surface area contributed by atoms with Crippen molar-refractivity contribution >= 4 is 34.8 Å². The molecule has 0 atom stereocenters. The maximum Gasteiger partial charge on any atom is 0.180 e. The Morgan fingerprint density at radius 3 is 2.32 bits per heavy atom. The lowest BCUT2D eigenvalue weighted by molar-refractivity contribution is 0.269. The molecular formula is C22H28Cl3NO2. The van der Waals surface area contributed by atoms with Gasteiger partial charge in [0.25, 0.3) is 0 Å². The van der Waals surface area contributed by atoms with E-state index in [0.717, 1.165) is 24.2 Å². The van der Waals surface area contributed by atoms with Crippen LogP contribution in [0.25, 0.3) is 0 Å². The van der Waals surface area contributed by atoms with Crippen molar-refractivity contribution in [2.45, 2.75) is 52.7 Å². The van der Waals surface area contributed by atoms with Crippen molar-refractivity contribution < 1.29 is 9.47 Å². The molecule has 154 valence electrons. The van der Waals surface area contributed by atoms with Gasteiger partial charge in [-0.3, -0.25) is 0 Å². The number of unbranched alkanes of at least 4 members (excludes halogenated alkanes) is 3. The molecule has 0 radical (unpaired) electrons. The number of benzene rings is 2. The monoisotopic (exact) mass is 443 g/mol. The largest absolute Gasteiger partial charge is 0.490 e. The highest BCUT2D eigenvalue weighted by atomic mass is 35.5. The molecule has 0 aliphatic heterocycles. The second-order valence-electron chi connectivity index (χ2n) is 6.56. The molecule has 0 aromatic heterocycles. The third-order valence-electron chi connectivity index (χ3n) is 4.33. The molecule has 0 saturated heterocycles. The van der Waals surface area contributed by atoms with E-state index in [9.17, 15) is 0 Å². The number of hydrogen-bond acceptors (Lipinski definition) is 3. The van der Waals surface area contributed by atoms with Gasteiger partial charge in [0.15, 0.2) is 11.5 Å². The molecule has 2 aromatic rings. The van der Waals surface area contributed by atoms with E-state index >= 15 is 0 Å². The Kier molecular flexibility index (Phi) is 10.3. The number of halogens is 3. The molecule has 2 aromatic carbocycles. The summed E-state index contributed by atoms with van der Waals surface area (Å²) in [4.78, 5) is 0. The van der Waals surface area contributed by atoms with Gasteiger partial charge in [-0.25, -0.2) is 0 Å². The predicted octanol–water partition coefficient (Wildman–Crippen LogP) is 7.29. The van der Waals surface area contributed by atoms with E-state index < -0.39 is 0 Å². The van der Waals surface area contributed by atoms with Gasteiger partial charge < -0.3 is 14.8 Å². The highest BCUT2D eigenvalue weighted by Crippen LogP contribution is 2.38.